The molecule has 1 unspecified atom stereocenters. The minimum Gasteiger partial charge on any atom is -0.375 e. The zero-order valence-electron chi connectivity index (χ0n) is 15.2. The fraction of sp³-hybridized carbons (Fsp3) is 0.250. The van der Waals surface area contributed by atoms with Crippen molar-refractivity contribution in [2.45, 2.75) is 19.4 Å². The summed E-state index contributed by atoms with van der Waals surface area (Å²) in [6, 6.07) is 13.6. The van der Waals surface area contributed by atoms with Gasteiger partial charge < -0.3 is 15.4 Å². The fourth-order valence-electron chi connectivity index (χ4n) is 2.93. The van der Waals surface area contributed by atoms with Crippen LogP contribution in [0.4, 0.5) is 17.1 Å². The predicted molar refractivity (Wildman–Crippen MR) is 103 cm³/mol. The van der Waals surface area contributed by atoms with Gasteiger partial charge in [-0.25, -0.2) is 4.90 Å². The van der Waals surface area contributed by atoms with Crippen LogP contribution in [0.1, 0.15) is 12.0 Å². The van der Waals surface area contributed by atoms with E-state index < -0.39 is 6.04 Å². The molecule has 0 bridgehead atoms. The maximum atomic E-state index is 12.7. The smallest absolute Gasteiger partial charge is 0.256 e. The van der Waals surface area contributed by atoms with Gasteiger partial charge in [0.2, 0.25) is 11.8 Å². The minimum absolute atomic E-state index is 0.0429. The molecule has 1 fully saturated rings. The van der Waals surface area contributed by atoms with Crippen molar-refractivity contribution in [2.75, 3.05) is 29.3 Å². The summed E-state index contributed by atoms with van der Waals surface area (Å²) in [7, 11) is 1.44. The monoisotopic (exact) mass is 367 g/mol. The van der Waals surface area contributed by atoms with Crippen molar-refractivity contribution < 1.29 is 19.1 Å². The lowest BCUT2D eigenvalue weighted by Gasteiger charge is -2.16. The van der Waals surface area contributed by atoms with E-state index in [1.54, 1.807) is 36.4 Å². The third-order valence-corrected chi connectivity index (χ3v) is 4.20. The lowest BCUT2D eigenvalue weighted by molar-refractivity contribution is -0.121. The molecule has 2 aromatic rings. The number of benzene rings is 2. The van der Waals surface area contributed by atoms with E-state index in [0.29, 0.717) is 17.1 Å². The Hall–Kier alpha value is -3.19. The number of rotatable bonds is 6. The molecular weight excluding hydrogens is 346 g/mol. The molecule has 2 aromatic carbocycles. The van der Waals surface area contributed by atoms with Crippen LogP contribution in [0.25, 0.3) is 0 Å². The summed E-state index contributed by atoms with van der Waals surface area (Å²) in [5.74, 6) is -0.809. The van der Waals surface area contributed by atoms with Gasteiger partial charge >= 0.3 is 0 Å². The lowest BCUT2D eigenvalue weighted by Crippen LogP contribution is -2.34. The van der Waals surface area contributed by atoms with Gasteiger partial charge in [0, 0.05) is 18.5 Å². The molecule has 1 saturated heterocycles. The fourth-order valence-corrected chi connectivity index (χ4v) is 2.93. The van der Waals surface area contributed by atoms with Gasteiger partial charge in [-0.2, -0.15) is 0 Å². The Morgan fingerprint density at radius 3 is 2.56 bits per heavy atom. The Bertz CT molecular complexity index is 864. The molecule has 1 heterocycles. The highest BCUT2D eigenvalue weighted by Gasteiger charge is 2.39. The molecule has 1 atom stereocenters. The average molecular weight is 367 g/mol. The zero-order chi connectivity index (χ0) is 19.4. The highest BCUT2D eigenvalue weighted by molar-refractivity contribution is 6.23. The molecular formula is C20H21N3O4. The van der Waals surface area contributed by atoms with E-state index in [0.717, 1.165) is 5.56 Å². The number of nitrogens with one attached hydrogen (secondary N) is 2. The third kappa shape index (κ3) is 4.32. The molecule has 0 spiro atoms. The molecule has 27 heavy (non-hydrogen) atoms. The van der Waals surface area contributed by atoms with Crippen molar-refractivity contribution >= 4 is 34.8 Å². The van der Waals surface area contributed by atoms with Gasteiger partial charge in [0.15, 0.2) is 0 Å². The van der Waals surface area contributed by atoms with Gasteiger partial charge in [0.1, 0.15) is 12.6 Å². The lowest BCUT2D eigenvalue weighted by atomic mass is 10.2. The molecule has 3 amide bonds. The first kappa shape index (κ1) is 18.6. The maximum Gasteiger partial charge on any atom is 0.256 e. The van der Waals surface area contributed by atoms with Crippen molar-refractivity contribution in [1.29, 1.82) is 0 Å². The molecule has 7 nitrogen and oxygen atoms in total. The molecule has 0 radical (unpaired) electrons. The molecule has 1 aliphatic heterocycles. The van der Waals surface area contributed by atoms with Crippen LogP contribution in [0.3, 0.4) is 0 Å². The Balaban J connectivity index is 1.71. The Labute approximate surface area is 157 Å². The van der Waals surface area contributed by atoms with E-state index in [1.165, 1.54) is 12.0 Å². The number of carbonyl (C=O) groups excluding carboxylic acids is 3. The number of nitrogens with zero attached hydrogens (tertiary/aromatic N) is 1. The standard InChI is InChI=1S/C20H21N3O4/c1-13-6-8-16(9-7-13)23-19(25)11-17(20(23)26)21-14-4-3-5-15(10-14)22-18(24)12-27-2/h3-10,17,21H,11-12H2,1-2H3,(H,22,24). The second kappa shape index (κ2) is 8.01. The number of aryl methyl sites for hydroxylation is 1. The van der Waals surface area contributed by atoms with E-state index in [4.69, 9.17) is 4.74 Å². The van der Waals surface area contributed by atoms with Crippen LogP contribution in [0.15, 0.2) is 48.5 Å². The van der Waals surface area contributed by atoms with Crippen LogP contribution in [-0.4, -0.2) is 37.5 Å². The third-order valence-electron chi connectivity index (χ3n) is 4.20. The zero-order valence-corrected chi connectivity index (χ0v) is 15.2. The summed E-state index contributed by atoms with van der Waals surface area (Å²) in [6.45, 7) is 1.90. The van der Waals surface area contributed by atoms with Gasteiger partial charge in [0.25, 0.3) is 5.91 Å². The summed E-state index contributed by atoms with van der Waals surface area (Å²) >= 11 is 0. The van der Waals surface area contributed by atoms with Crippen LogP contribution >= 0.6 is 0 Å². The van der Waals surface area contributed by atoms with E-state index in [9.17, 15) is 14.4 Å². The summed E-state index contributed by atoms with van der Waals surface area (Å²) in [4.78, 5) is 37.9. The molecule has 140 valence electrons. The maximum absolute atomic E-state index is 12.7. The largest absolute Gasteiger partial charge is 0.375 e. The van der Waals surface area contributed by atoms with E-state index >= 15 is 0 Å². The number of methoxy groups -OCH3 is 1. The Morgan fingerprint density at radius 1 is 1.15 bits per heavy atom. The molecule has 0 aromatic heterocycles. The normalized spacial score (nSPS) is 16.5. The van der Waals surface area contributed by atoms with Crippen molar-refractivity contribution in [1.82, 2.24) is 0 Å². The van der Waals surface area contributed by atoms with Gasteiger partial charge in [-0.1, -0.05) is 23.8 Å². The summed E-state index contributed by atoms with van der Waals surface area (Å²) < 4.78 is 4.79. The number of hydrogen-bond donors (Lipinski definition) is 2. The number of hydrogen-bond acceptors (Lipinski definition) is 5. The van der Waals surface area contributed by atoms with Crippen LogP contribution in [0.5, 0.6) is 0 Å². The van der Waals surface area contributed by atoms with Crippen molar-refractivity contribution in [2.24, 2.45) is 0 Å². The van der Waals surface area contributed by atoms with Crippen molar-refractivity contribution in [3.63, 3.8) is 0 Å². The van der Waals surface area contributed by atoms with Crippen LogP contribution in [0.2, 0.25) is 0 Å². The molecule has 0 aliphatic carbocycles. The van der Waals surface area contributed by atoms with E-state index in [1.807, 2.05) is 19.1 Å². The molecule has 3 rings (SSSR count). The van der Waals surface area contributed by atoms with E-state index in [-0.39, 0.29) is 30.7 Å². The van der Waals surface area contributed by atoms with Gasteiger partial charge in [-0.05, 0) is 37.3 Å². The first-order chi connectivity index (χ1) is 13.0. The minimum atomic E-state index is -0.649. The number of ether oxygens (including phenoxy) is 1. The number of imide groups is 1. The average Bonchev–Trinajstić information content (AvgIpc) is 2.90. The Kier molecular flexibility index (Phi) is 5.52. The second-order valence-corrected chi connectivity index (χ2v) is 6.37. The van der Waals surface area contributed by atoms with Gasteiger partial charge in [0.05, 0.1) is 12.1 Å². The molecule has 2 N–H and O–H groups in total. The highest BCUT2D eigenvalue weighted by Crippen LogP contribution is 2.26. The van der Waals surface area contributed by atoms with Crippen LogP contribution < -0.4 is 15.5 Å². The SMILES string of the molecule is COCC(=O)Nc1cccc(NC2CC(=O)N(c3ccc(C)cc3)C2=O)c1. The van der Waals surface area contributed by atoms with Crippen LogP contribution in [0, 0.1) is 6.92 Å². The second-order valence-electron chi connectivity index (χ2n) is 6.37. The Morgan fingerprint density at radius 2 is 1.85 bits per heavy atom. The quantitative estimate of drug-likeness (QED) is 0.765. The summed E-state index contributed by atoms with van der Waals surface area (Å²) in [6.07, 6.45) is 0.0764. The first-order valence-electron chi connectivity index (χ1n) is 8.57. The first-order valence-corrected chi connectivity index (χ1v) is 8.57. The van der Waals surface area contributed by atoms with Gasteiger partial charge in [-0.3, -0.25) is 14.4 Å². The molecule has 0 saturated carbocycles. The highest BCUT2D eigenvalue weighted by atomic mass is 16.5. The number of amides is 3. The van der Waals surface area contributed by atoms with Crippen molar-refractivity contribution in [3.05, 3.63) is 54.1 Å². The number of carbonyl (C=O) groups is 3. The topological polar surface area (TPSA) is 87.7 Å². The number of anilines is 3. The van der Waals surface area contributed by atoms with E-state index in [2.05, 4.69) is 10.6 Å². The van der Waals surface area contributed by atoms with Crippen molar-refractivity contribution in [3.8, 4) is 0 Å². The predicted octanol–water partition coefficient (Wildman–Crippen LogP) is 2.32. The summed E-state index contributed by atoms with van der Waals surface area (Å²) in [5, 5.41) is 5.79. The van der Waals surface area contributed by atoms with Crippen LogP contribution in [-0.2, 0) is 19.1 Å². The summed E-state index contributed by atoms with van der Waals surface area (Å²) in [5.41, 5.74) is 2.84. The van der Waals surface area contributed by atoms with Gasteiger partial charge in [-0.15, -0.1) is 0 Å². The molecule has 1 aliphatic rings. The molecule has 7 heteroatoms.